The molecule has 1 rings (SSSR count). The van der Waals surface area contributed by atoms with Crippen LogP contribution in [0, 0.1) is 5.41 Å². The van der Waals surface area contributed by atoms with Gasteiger partial charge in [0.2, 0.25) is 17.7 Å². The Morgan fingerprint density at radius 2 is 1.57 bits per heavy atom. The molecule has 0 heterocycles. The van der Waals surface area contributed by atoms with E-state index in [1.54, 1.807) is 24.3 Å². The number of carbonyl (C=O) groups is 4. The summed E-state index contributed by atoms with van der Waals surface area (Å²) in [6, 6.07) is 5.41. The topological polar surface area (TPSA) is 184 Å². The molecule has 0 saturated heterocycles. The Morgan fingerprint density at radius 1 is 0.971 bits per heavy atom. The van der Waals surface area contributed by atoms with Crippen molar-refractivity contribution < 1.29 is 29.0 Å². The molecule has 1 atom stereocenters. The van der Waals surface area contributed by atoms with Crippen LogP contribution in [0.25, 0.3) is 0 Å². The average Bonchev–Trinajstić information content (AvgIpc) is 2.79. The first-order valence-electron chi connectivity index (χ1n) is 11.8. The summed E-state index contributed by atoms with van der Waals surface area (Å²) in [5, 5.41) is 23.5. The van der Waals surface area contributed by atoms with E-state index < -0.39 is 36.2 Å². The minimum absolute atomic E-state index is 0.0217. The summed E-state index contributed by atoms with van der Waals surface area (Å²) in [5.74, 6) is -2.52. The minimum atomic E-state index is -1.33. The maximum Gasteiger partial charge on any atom is 0.305 e. The Hall–Kier alpha value is -3.63. The van der Waals surface area contributed by atoms with E-state index in [2.05, 4.69) is 16.0 Å². The lowest BCUT2D eigenvalue weighted by Gasteiger charge is -2.16. The minimum Gasteiger partial charge on any atom is -0.497 e. The van der Waals surface area contributed by atoms with Gasteiger partial charge in [0.1, 0.15) is 11.8 Å². The van der Waals surface area contributed by atoms with E-state index in [9.17, 15) is 19.2 Å². The van der Waals surface area contributed by atoms with Crippen LogP contribution in [-0.2, 0) is 25.6 Å². The number of hydrogen-bond acceptors (Lipinski definition) is 6. The molecule has 0 aromatic heterocycles. The summed E-state index contributed by atoms with van der Waals surface area (Å²) in [5.41, 5.74) is 5.87. The van der Waals surface area contributed by atoms with E-state index in [4.69, 9.17) is 21.0 Å². The first-order valence-corrected chi connectivity index (χ1v) is 11.8. The van der Waals surface area contributed by atoms with E-state index in [0.717, 1.165) is 38.5 Å². The molecule has 0 spiro atoms. The number of unbranched alkanes of at least 4 members (excludes halogenated alkanes) is 6. The Morgan fingerprint density at radius 3 is 2.14 bits per heavy atom. The number of amides is 3. The molecule has 35 heavy (non-hydrogen) atoms. The summed E-state index contributed by atoms with van der Waals surface area (Å²) < 4.78 is 5.05. The summed E-state index contributed by atoms with van der Waals surface area (Å²) in [4.78, 5) is 48.0. The standard InChI is InChI=1S/C24H37N5O6/c1-35-18-12-10-17(11-13-18)15-21(31)29-23(34)19(16-22(32)33)28-20(30)9-7-5-3-2-4-6-8-14-27-24(25)26/h10-13,19H,2-9,14-16H2,1H3,(H,28,30)(H,32,33)(H4,25,26,27)(H,29,31,34)/t19-/m0/s1. The number of benzene rings is 1. The molecule has 0 fully saturated rings. The van der Waals surface area contributed by atoms with Crippen LogP contribution in [0.15, 0.2) is 24.3 Å². The highest BCUT2D eigenvalue weighted by Crippen LogP contribution is 2.12. The molecule has 7 N–H and O–H groups in total. The number of nitrogens with two attached hydrogens (primary N) is 1. The average molecular weight is 492 g/mol. The zero-order chi connectivity index (χ0) is 26.1. The van der Waals surface area contributed by atoms with E-state index in [1.807, 2.05) is 0 Å². The summed E-state index contributed by atoms with van der Waals surface area (Å²) in [6.45, 7) is 0.688. The molecule has 0 aliphatic heterocycles. The van der Waals surface area contributed by atoms with Crippen molar-refractivity contribution in [2.75, 3.05) is 13.7 Å². The highest BCUT2D eigenvalue weighted by atomic mass is 16.5. The number of nitrogens with one attached hydrogen (secondary N) is 4. The molecule has 0 bridgehead atoms. The normalized spacial score (nSPS) is 11.2. The van der Waals surface area contributed by atoms with Crippen LogP contribution >= 0.6 is 0 Å². The van der Waals surface area contributed by atoms with Crippen molar-refractivity contribution in [1.82, 2.24) is 16.0 Å². The Bertz CT molecular complexity index is 843. The Kier molecular flexibility index (Phi) is 14.2. The molecule has 0 saturated carbocycles. The van der Waals surface area contributed by atoms with Crippen LogP contribution in [0.1, 0.15) is 63.4 Å². The second-order valence-corrected chi connectivity index (χ2v) is 8.22. The molecule has 1 aromatic rings. The van der Waals surface area contributed by atoms with E-state index >= 15 is 0 Å². The summed E-state index contributed by atoms with van der Waals surface area (Å²) in [6.07, 6.45) is 5.96. The van der Waals surface area contributed by atoms with Crippen LogP contribution in [0.3, 0.4) is 0 Å². The number of rotatable bonds is 17. The second-order valence-electron chi connectivity index (χ2n) is 8.22. The number of imide groups is 1. The van der Waals surface area contributed by atoms with Gasteiger partial charge in [-0.2, -0.15) is 0 Å². The van der Waals surface area contributed by atoms with Crippen LogP contribution in [-0.4, -0.2) is 54.5 Å². The maximum atomic E-state index is 12.4. The van der Waals surface area contributed by atoms with Gasteiger partial charge in [0.25, 0.3) is 0 Å². The van der Waals surface area contributed by atoms with Crippen molar-refractivity contribution in [2.45, 2.75) is 70.3 Å². The molecule has 0 radical (unpaired) electrons. The van der Waals surface area contributed by atoms with Gasteiger partial charge in [0, 0.05) is 13.0 Å². The van der Waals surface area contributed by atoms with Crippen molar-refractivity contribution in [1.29, 1.82) is 5.41 Å². The second kappa shape index (κ2) is 16.9. The van der Waals surface area contributed by atoms with Crippen LogP contribution in [0.4, 0.5) is 0 Å². The zero-order valence-corrected chi connectivity index (χ0v) is 20.2. The summed E-state index contributed by atoms with van der Waals surface area (Å²) in [7, 11) is 1.53. The first-order chi connectivity index (χ1) is 16.7. The highest BCUT2D eigenvalue weighted by Gasteiger charge is 2.25. The summed E-state index contributed by atoms with van der Waals surface area (Å²) >= 11 is 0. The van der Waals surface area contributed by atoms with Crippen molar-refractivity contribution in [3.8, 4) is 5.75 Å². The zero-order valence-electron chi connectivity index (χ0n) is 20.2. The van der Waals surface area contributed by atoms with Gasteiger partial charge in [-0.1, -0.05) is 44.2 Å². The number of guanidine groups is 1. The van der Waals surface area contributed by atoms with E-state index in [1.165, 1.54) is 7.11 Å². The molecule has 0 unspecified atom stereocenters. The van der Waals surface area contributed by atoms with Crippen LogP contribution < -0.4 is 26.4 Å². The number of methoxy groups -OCH3 is 1. The predicted octanol–water partition coefficient (Wildman–Crippen LogP) is 1.44. The van der Waals surface area contributed by atoms with Gasteiger partial charge in [-0.3, -0.25) is 29.9 Å². The molecule has 1 aromatic carbocycles. The fourth-order valence-electron chi connectivity index (χ4n) is 3.37. The smallest absolute Gasteiger partial charge is 0.305 e. The molecule has 0 aliphatic carbocycles. The van der Waals surface area contributed by atoms with Gasteiger partial charge >= 0.3 is 5.97 Å². The fourth-order valence-corrected chi connectivity index (χ4v) is 3.37. The molecule has 194 valence electrons. The Balaban J connectivity index is 2.33. The lowest BCUT2D eigenvalue weighted by molar-refractivity contribution is -0.142. The van der Waals surface area contributed by atoms with Gasteiger partial charge in [-0.05, 0) is 30.5 Å². The third-order valence-corrected chi connectivity index (χ3v) is 5.21. The molecule has 11 nitrogen and oxygen atoms in total. The quantitative estimate of drug-likeness (QED) is 0.107. The number of hydrogen-bond donors (Lipinski definition) is 6. The number of aliphatic carboxylic acids is 1. The highest BCUT2D eigenvalue weighted by molar-refractivity contribution is 6.01. The number of carboxylic acids is 1. The predicted molar refractivity (Wildman–Crippen MR) is 131 cm³/mol. The number of carbonyl (C=O) groups excluding carboxylic acids is 3. The SMILES string of the molecule is COc1ccc(CC(=O)NC(=O)[C@H](CC(=O)O)NC(=O)CCCCCCCCCNC(=N)N)cc1. The number of carboxylic acid groups (broad SMARTS) is 1. The molecular formula is C24H37N5O6. The van der Waals surface area contributed by atoms with Crippen molar-refractivity contribution >= 4 is 29.7 Å². The van der Waals surface area contributed by atoms with E-state index in [0.29, 0.717) is 24.3 Å². The third kappa shape index (κ3) is 14.3. The van der Waals surface area contributed by atoms with Crippen LogP contribution in [0.2, 0.25) is 0 Å². The molecule has 0 aliphatic rings. The maximum absolute atomic E-state index is 12.4. The van der Waals surface area contributed by atoms with Crippen LogP contribution in [0.5, 0.6) is 5.75 Å². The molecule has 3 amide bonds. The fraction of sp³-hybridized carbons (Fsp3) is 0.542. The third-order valence-electron chi connectivity index (χ3n) is 5.21. The van der Waals surface area contributed by atoms with Crippen molar-refractivity contribution in [3.63, 3.8) is 0 Å². The van der Waals surface area contributed by atoms with Crippen molar-refractivity contribution in [2.24, 2.45) is 5.73 Å². The Labute approximate surface area is 205 Å². The van der Waals surface area contributed by atoms with Gasteiger partial charge in [0.15, 0.2) is 5.96 Å². The lowest BCUT2D eigenvalue weighted by Crippen LogP contribution is -2.49. The van der Waals surface area contributed by atoms with E-state index in [-0.39, 0.29) is 18.8 Å². The first kappa shape index (κ1) is 29.4. The lowest BCUT2D eigenvalue weighted by atomic mass is 10.1. The van der Waals surface area contributed by atoms with Crippen molar-refractivity contribution in [3.05, 3.63) is 29.8 Å². The molecule has 11 heteroatoms. The van der Waals surface area contributed by atoms with Gasteiger partial charge in [0.05, 0.1) is 20.0 Å². The monoisotopic (exact) mass is 491 g/mol. The number of ether oxygens (including phenoxy) is 1. The van der Waals surface area contributed by atoms with Gasteiger partial charge < -0.3 is 26.2 Å². The van der Waals surface area contributed by atoms with Gasteiger partial charge in [-0.25, -0.2) is 0 Å². The van der Waals surface area contributed by atoms with Gasteiger partial charge in [-0.15, -0.1) is 0 Å². The molecular weight excluding hydrogens is 454 g/mol. The largest absolute Gasteiger partial charge is 0.497 e.